The van der Waals surface area contributed by atoms with Crippen molar-refractivity contribution in [2.75, 3.05) is 13.3 Å². The summed E-state index contributed by atoms with van der Waals surface area (Å²) in [6.45, 7) is 10.6. The van der Waals surface area contributed by atoms with Gasteiger partial charge in [0.15, 0.2) is 0 Å². The van der Waals surface area contributed by atoms with Gasteiger partial charge in [-0.25, -0.2) is 4.39 Å². The fourth-order valence-electron chi connectivity index (χ4n) is 3.24. The van der Waals surface area contributed by atoms with Crippen molar-refractivity contribution < 1.29 is 9.13 Å². The van der Waals surface area contributed by atoms with E-state index in [1.807, 2.05) is 17.8 Å². The van der Waals surface area contributed by atoms with Crippen molar-refractivity contribution in [2.24, 2.45) is 11.8 Å². The van der Waals surface area contributed by atoms with Crippen molar-refractivity contribution in [1.82, 2.24) is 9.78 Å². The predicted molar refractivity (Wildman–Crippen MR) is 69.3 cm³/mol. The van der Waals surface area contributed by atoms with Crippen molar-refractivity contribution in [3.8, 4) is 0 Å². The first-order valence-corrected chi connectivity index (χ1v) is 6.69. The Morgan fingerprint density at radius 3 is 2.56 bits per heavy atom. The minimum atomic E-state index is -0.430. The second-order valence-electron chi connectivity index (χ2n) is 5.84. The van der Waals surface area contributed by atoms with E-state index in [1.165, 1.54) is 0 Å². The van der Waals surface area contributed by atoms with E-state index >= 15 is 0 Å². The van der Waals surface area contributed by atoms with Crippen LogP contribution in [-0.4, -0.2) is 23.1 Å². The highest BCUT2D eigenvalue weighted by molar-refractivity contribution is 5.27. The first kappa shape index (κ1) is 13.5. The second kappa shape index (κ2) is 4.65. The summed E-state index contributed by atoms with van der Waals surface area (Å²) in [5, 5.41) is 4.37. The molecule has 0 N–H and O–H groups in total. The van der Waals surface area contributed by atoms with Gasteiger partial charge >= 0.3 is 0 Å². The van der Waals surface area contributed by atoms with Crippen LogP contribution in [0.5, 0.6) is 0 Å². The van der Waals surface area contributed by atoms with Crippen LogP contribution in [0.2, 0.25) is 0 Å². The molecule has 0 saturated carbocycles. The first-order valence-electron chi connectivity index (χ1n) is 6.69. The Morgan fingerprint density at radius 2 is 2.06 bits per heavy atom. The molecule has 1 unspecified atom stereocenters. The third-order valence-corrected chi connectivity index (χ3v) is 4.10. The van der Waals surface area contributed by atoms with Crippen LogP contribution in [0.1, 0.15) is 45.0 Å². The molecule has 0 fully saturated rings. The lowest BCUT2D eigenvalue weighted by molar-refractivity contribution is -0.154. The maximum Gasteiger partial charge on any atom is 0.115 e. The maximum atomic E-state index is 13.1. The van der Waals surface area contributed by atoms with Gasteiger partial charge in [0.1, 0.15) is 18.3 Å². The summed E-state index contributed by atoms with van der Waals surface area (Å²) < 4.78 is 21.1. The fraction of sp³-hybridized carbons (Fsp3) is 0.786. The van der Waals surface area contributed by atoms with Crippen LogP contribution in [0.15, 0.2) is 6.20 Å². The molecule has 0 amide bonds. The topological polar surface area (TPSA) is 27.1 Å². The molecule has 2 heterocycles. The lowest BCUT2D eigenvalue weighted by Crippen LogP contribution is -2.48. The van der Waals surface area contributed by atoms with Gasteiger partial charge < -0.3 is 4.74 Å². The van der Waals surface area contributed by atoms with E-state index < -0.39 is 6.67 Å². The number of ether oxygens (including phenoxy) is 1. The summed E-state index contributed by atoms with van der Waals surface area (Å²) in [5.74, 6) is 0.652. The molecule has 102 valence electrons. The quantitative estimate of drug-likeness (QED) is 0.828. The molecule has 4 heteroatoms. The number of aromatic nitrogens is 2. The van der Waals surface area contributed by atoms with Crippen molar-refractivity contribution in [2.45, 2.75) is 46.3 Å². The Labute approximate surface area is 108 Å². The van der Waals surface area contributed by atoms with E-state index in [0.717, 1.165) is 11.3 Å². The van der Waals surface area contributed by atoms with Gasteiger partial charge in [-0.2, -0.15) is 5.10 Å². The van der Waals surface area contributed by atoms with Gasteiger partial charge in [-0.1, -0.05) is 27.7 Å². The lowest BCUT2D eigenvalue weighted by Gasteiger charge is -2.46. The number of alkyl halides is 1. The van der Waals surface area contributed by atoms with Crippen LogP contribution in [0.4, 0.5) is 4.39 Å². The van der Waals surface area contributed by atoms with Crippen LogP contribution < -0.4 is 0 Å². The van der Waals surface area contributed by atoms with Crippen molar-refractivity contribution in [3.63, 3.8) is 0 Å². The van der Waals surface area contributed by atoms with Gasteiger partial charge in [-0.3, -0.25) is 4.68 Å². The van der Waals surface area contributed by atoms with E-state index in [2.05, 4.69) is 32.8 Å². The van der Waals surface area contributed by atoms with Gasteiger partial charge in [0.05, 0.1) is 18.5 Å². The summed E-state index contributed by atoms with van der Waals surface area (Å²) in [6, 6.07) is -0.278. The first-order chi connectivity index (χ1) is 8.45. The zero-order valence-corrected chi connectivity index (χ0v) is 11.9. The van der Waals surface area contributed by atoms with E-state index in [1.54, 1.807) is 0 Å². The summed E-state index contributed by atoms with van der Waals surface area (Å²) in [6.07, 6.45) is 1.83. The summed E-state index contributed by atoms with van der Waals surface area (Å²) in [7, 11) is 0. The number of aryl methyl sites for hydroxylation is 1. The molecule has 0 saturated heterocycles. The smallest absolute Gasteiger partial charge is 0.115 e. The van der Waals surface area contributed by atoms with E-state index in [4.69, 9.17) is 4.74 Å². The molecule has 2 rings (SSSR count). The molecule has 1 aliphatic heterocycles. The molecule has 1 aromatic heterocycles. The number of hydrogen-bond donors (Lipinski definition) is 0. The monoisotopic (exact) mass is 254 g/mol. The molecule has 0 spiro atoms. The Morgan fingerprint density at radius 1 is 1.44 bits per heavy atom. The SMILES string of the molecule is Cc1cnn2c1C(C(C)C)(C(C)C)OCC2CF. The number of hydrogen-bond acceptors (Lipinski definition) is 2. The van der Waals surface area contributed by atoms with Gasteiger partial charge in [0, 0.05) is 0 Å². The van der Waals surface area contributed by atoms with Crippen LogP contribution in [0.25, 0.3) is 0 Å². The lowest BCUT2D eigenvalue weighted by atomic mass is 9.75. The second-order valence-corrected chi connectivity index (χ2v) is 5.84. The number of rotatable bonds is 3. The highest BCUT2D eigenvalue weighted by Gasteiger charge is 2.47. The van der Waals surface area contributed by atoms with Crippen molar-refractivity contribution in [3.05, 3.63) is 17.5 Å². The minimum Gasteiger partial charge on any atom is -0.366 e. The van der Waals surface area contributed by atoms with Crippen molar-refractivity contribution in [1.29, 1.82) is 0 Å². The molecule has 0 aromatic carbocycles. The molecular formula is C14H23FN2O. The van der Waals surface area contributed by atoms with E-state index in [0.29, 0.717) is 18.4 Å². The molecule has 0 aliphatic carbocycles. The third-order valence-electron chi connectivity index (χ3n) is 4.10. The average molecular weight is 254 g/mol. The molecule has 18 heavy (non-hydrogen) atoms. The normalized spacial score (nSPS) is 22.6. The van der Waals surface area contributed by atoms with Gasteiger partial charge in [-0.05, 0) is 24.3 Å². The Hall–Kier alpha value is -0.900. The Kier molecular flexibility index (Phi) is 3.49. The molecule has 1 aromatic rings. The maximum absolute atomic E-state index is 13.1. The Bertz CT molecular complexity index is 417. The summed E-state index contributed by atoms with van der Waals surface area (Å²) in [4.78, 5) is 0. The number of nitrogens with zero attached hydrogens (tertiary/aromatic N) is 2. The van der Waals surface area contributed by atoms with E-state index in [9.17, 15) is 4.39 Å². The zero-order valence-electron chi connectivity index (χ0n) is 11.9. The van der Waals surface area contributed by atoms with Crippen molar-refractivity contribution >= 4 is 0 Å². The van der Waals surface area contributed by atoms with Crippen LogP contribution in [0, 0.1) is 18.8 Å². The summed E-state index contributed by atoms with van der Waals surface area (Å²) in [5.41, 5.74) is 1.80. The van der Waals surface area contributed by atoms with Crippen LogP contribution in [-0.2, 0) is 10.3 Å². The largest absolute Gasteiger partial charge is 0.366 e. The number of halogens is 1. The molecular weight excluding hydrogens is 231 g/mol. The molecule has 1 atom stereocenters. The van der Waals surface area contributed by atoms with Crippen LogP contribution in [0.3, 0.4) is 0 Å². The molecule has 0 bridgehead atoms. The molecule has 3 nitrogen and oxygen atoms in total. The van der Waals surface area contributed by atoms with Gasteiger partial charge in [0.25, 0.3) is 0 Å². The Balaban J connectivity index is 2.61. The van der Waals surface area contributed by atoms with Crippen LogP contribution >= 0.6 is 0 Å². The standard InChI is InChI=1S/C14H23FN2O/c1-9(2)14(10(3)4)13-11(5)7-16-17(13)12(6-15)8-18-14/h7,9-10,12H,6,8H2,1-5H3. The van der Waals surface area contributed by atoms with Gasteiger partial charge in [-0.15, -0.1) is 0 Å². The van der Waals surface area contributed by atoms with Gasteiger partial charge in [0.2, 0.25) is 0 Å². The summed E-state index contributed by atoms with van der Waals surface area (Å²) >= 11 is 0. The molecule has 0 radical (unpaired) electrons. The highest BCUT2D eigenvalue weighted by atomic mass is 19.1. The minimum absolute atomic E-state index is 0.278. The third kappa shape index (κ3) is 1.69. The molecule has 1 aliphatic rings. The number of fused-ring (bicyclic) bond motifs is 1. The highest BCUT2D eigenvalue weighted by Crippen LogP contribution is 2.45. The zero-order chi connectivity index (χ0) is 13.5. The van der Waals surface area contributed by atoms with E-state index in [-0.39, 0.29) is 11.6 Å². The fourth-order valence-corrected chi connectivity index (χ4v) is 3.24. The predicted octanol–water partition coefficient (Wildman–Crippen LogP) is 3.24. The average Bonchev–Trinajstić information content (AvgIpc) is 2.70.